The van der Waals surface area contributed by atoms with Gasteiger partial charge in [0.05, 0.1) is 0 Å². The van der Waals surface area contributed by atoms with E-state index in [1.54, 1.807) is 12.1 Å². The van der Waals surface area contributed by atoms with Crippen molar-refractivity contribution in [1.29, 1.82) is 0 Å². The van der Waals surface area contributed by atoms with E-state index in [0.29, 0.717) is 22.8 Å². The van der Waals surface area contributed by atoms with Crippen LogP contribution in [0.1, 0.15) is 44.1 Å². The first kappa shape index (κ1) is 16.9. The van der Waals surface area contributed by atoms with Gasteiger partial charge in [0.2, 0.25) is 5.91 Å². The molecule has 4 bridgehead atoms. The Morgan fingerprint density at radius 1 is 1.08 bits per heavy atom. The number of amides is 1. The van der Waals surface area contributed by atoms with Crippen molar-refractivity contribution in [2.45, 2.75) is 51.0 Å². The highest BCUT2D eigenvalue weighted by Gasteiger charge is 2.54. The summed E-state index contributed by atoms with van der Waals surface area (Å²) in [5.41, 5.74) is 0.547. The van der Waals surface area contributed by atoms with Gasteiger partial charge in [0.25, 0.3) is 0 Å². The summed E-state index contributed by atoms with van der Waals surface area (Å²) in [5.74, 6) is 0.977. The van der Waals surface area contributed by atoms with Crippen LogP contribution in [0.15, 0.2) is 24.3 Å². The van der Waals surface area contributed by atoms with Gasteiger partial charge in [-0.25, -0.2) is 4.79 Å². The predicted molar refractivity (Wildman–Crippen MR) is 95.3 cm³/mol. The van der Waals surface area contributed by atoms with Gasteiger partial charge in [-0.05, 0) is 74.0 Å². The molecular weight excluding hydrogens is 338 g/mol. The second kappa shape index (κ2) is 6.31. The van der Waals surface area contributed by atoms with Crippen molar-refractivity contribution in [3.05, 3.63) is 34.9 Å². The summed E-state index contributed by atoms with van der Waals surface area (Å²) in [7, 11) is 0. The Kier molecular flexibility index (Phi) is 4.27. The van der Waals surface area contributed by atoms with E-state index in [-0.39, 0.29) is 17.7 Å². The first-order chi connectivity index (χ1) is 11.9. The fourth-order valence-electron chi connectivity index (χ4n) is 5.76. The Morgan fingerprint density at radius 2 is 1.60 bits per heavy atom. The maximum absolute atomic E-state index is 13.1. The third-order valence-electron chi connectivity index (χ3n) is 6.48. The standard InChI is InChI=1S/C20H24ClNO3/c21-16-3-1-12(2-4-16)8-17(18(23)24)22-19(25)20-9-13-5-14(10-20)7-15(6-13)11-20/h1-4,13-15,17H,5-11H2,(H,22,25)(H,23,24)/t13?,14?,15?,17-,20?/m1/s1. The lowest BCUT2D eigenvalue weighted by Crippen LogP contribution is -2.56. The summed E-state index contributed by atoms with van der Waals surface area (Å²) in [6.07, 6.45) is 6.90. The minimum Gasteiger partial charge on any atom is -0.480 e. The number of rotatable bonds is 5. The topological polar surface area (TPSA) is 66.4 Å². The molecule has 4 aliphatic rings. The highest BCUT2D eigenvalue weighted by Crippen LogP contribution is 2.60. The maximum Gasteiger partial charge on any atom is 0.326 e. The Bertz CT molecular complexity index is 649. The van der Waals surface area contributed by atoms with Gasteiger partial charge in [-0.1, -0.05) is 23.7 Å². The molecule has 4 fully saturated rings. The Balaban J connectivity index is 1.47. The van der Waals surface area contributed by atoms with Crippen LogP contribution in [0.5, 0.6) is 0 Å². The molecule has 4 saturated carbocycles. The summed E-state index contributed by atoms with van der Waals surface area (Å²) in [5, 5.41) is 13.1. The van der Waals surface area contributed by atoms with Crippen molar-refractivity contribution >= 4 is 23.5 Å². The zero-order valence-corrected chi connectivity index (χ0v) is 15.0. The van der Waals surface area contributed by atoms with Crippen LogP contribution in [-0.4, -0.2) is 23.0 Å². The van der Waals surface area contributed by atoms with Crippen LogP contribution in [0.25, 0.3) is 0 Å². The average Bonchev–Trinajstić information content (AvgIpc) is 2.54. The Hall–Kier alpha value is -1.55. The minimum absolute atomic E-state index is 0.0343. The van der Waals surface area contributed by atoms with E-state index >= 15 is 0 Å². The molecule has 1 atom stereocenters. The van der Waals surface area contributed by atoms with E-state index in [0.717, 1.165) is 24.8 Å². The van der Waals surface area contributed by atoms with Crippen LogP contribution in [0.3, 0.4) is 0 Å². The van der Waals surface area contributed by atoms with Gasteiger partial charge in [-0.15, -0.1) is 0 Å². The number of carboxylic acids is 1. The molecule has 4 nitrogen and oxygen atoms in total. The normalized spacial score (nSPS) is 33.9. The summed E-state index contributed by atoms with van der Waals surface area (Å²) in [6.45, 7) is 0. The van der Waals surface area contributed by atoms with E-state index in [2.05, 4.69) is 5.32 Å². The van der Waals surface area contributed by atoms with Gasteiger partial charge in [0.15, 0.2) is 0 Å². The molecule has 0 unspecified atom stereocenters. The largest absolute Gasteiger partial charge is 0.480 e. The summed E-state index contributed by atoms with van der Waals surface area (Å²) in [4.78, 5) is 24.8. The number of hydrogen-bond acceptors (Lipinski definition) is 2. The van der Waals surface area contributed by atoms with E-state index in [4.69, 9.17) is 11.6 Å². The maximum atomic E-state index is 13.1. The van der Waals surface area contributed by atoms with Crippen molar-refractivity contribution < 1.29 is 14.7 Å². The van der Waals surface area contributed by atoms with Crippen molar-refractivity contribution in [3.8, 4) is 0 Å². The zero-order valence-electron chi connectivity index (χ0n) is 14.2. The van der Waals surface area contributed by atoms with E-state index in [1.807, 2.05) is 12.1 Å². The molecule has 0 saturated heterocycles. The van der Waals surface area contributed by atoms with Crippen LogP contribution < -0.4 is 5.32 Å². The number of halogens is 1. The first-order valence-electron chi connectivity index (χ1n) is 9.22. The molecule has 0 radical (unpaired) electrons. The highest BCUT2D eigenvalue weighted by molar-refractivity contribution is 6.30. The smallest absolute Gasteiger partial charge is 0.326 e. The SMILES string of the molecule is O=C(O)[C@@H](Cc1ccc(Cl)cc1)NC(=O)C12CC3CC(CC(C3)C1)C2. The average molecular weight is 362 g/mol. The molecule has 4 aliphatic carbocycles. The van der Waals surface area contributed by atoms with Gasteiger partial charge in [0.1, 0.15) is 6.04 Å². The van der Waals surface area contributed by atoms with Gasteiger partial charge < -0.3 is 10.4 Å². The number of carbonyl (C=O) groups excluding carboxylic acids is 1. The van der Waals surface area contributed by atoms with Crippen molar-refractivity contribution in [2.75, 3.05) is 0 Å². The summed E-state index contributed by atoms with van der Waals surface area (Å²) >= 11 is 5.89. The predicted octanol–water partition coefficient (Wildman–Crippen LogP) is 3.67. The molecule has 5 rings (SSSR count). The lowest BCUT2D eigenvalue weighted by atomic mass is 9.49. The molecular formula is C20H24ClNO3. The van der Waals surface area contributed by atoms with Crippen LogP contribution >= 0.6 is 11.6 Å². The van der Waals surface area contributed by atoms with Crippen molar-refractivity contribution in [1.82, 2.24) is 5.32 Å². The van der Waals surface area contributed by atoms with Gasteiger partial charge in [-0.2, -0.15) is 0 Å². The fourth-order valence-corrected chi connectivity index (χ4v) is 5.88. The number of benzene rings is 1. The quantitative estimate of drug-likeness (QED) is 0.840. The molecule has 25 heavy (non-hydrogen) atoms. The molecule has 0 heterocycles. The van der Waals surface area contributed by atoms with Crippen LogP contribution in [-0.2, 0) is 16.0 Å². The summed E-state index contributed by atoms with van der Waals surface area (Å²) in [6, 6.07) is 6.24. The monoisotopic (exact) mass is 361 g/mol. The first-order valence-corrected chi connectivity index (χ1v) is 9.59. The number of carboxylic acid groups (broad SMARTS) is 1. The number of carbonyl (C=O) groups is 2. The van der Waals surface area contributed by atoms with Gasteiger partial charge in [0, 0.05) is 16.9 Å². The van der Waals surface area contributed by atoms with Gasteiger partial charge >= 0.3 is 5.97 Å². The van der Waals surface area contributed by atoms with Gasteiger partial charge in [-0.3, -0.25) is 4.79 Å². The molecule has 5 heteroatoms. The molecule has 1 amide bonds. The van der Waals surface area contributed by atoms with Crippen LogP contribution in [0.4, 0.5) is 0 Å². The Morgan fingerprint density at radius 3 is 2.08 bits per heavy atom. The molecule has 0 aromatic heterocycles. The molecule has 134 valence electrons. The number of hydrogen-bond donors (Lipinski definition) is 2. The number of aliphatic carboxylic acids is 1. The third kappa shape index (κ3) is 3.29. The second-order valence-corrected chi connectivity index (χ2v) is 8.83. The van der Waals surface area contributed by atoms with Crippen LogP contribution in [0, 0.1) is 23.2 Å². The van der Waals surface area contributed by atoms with Crippen molar-refractivity contribution in [2.24, 2.45) is 23.2 Å². The molecule has 1 aromatic carbocycles. The van der Waals surface area contributed by atoms with E-state index in [9.17, 15) is 14.7 Å². The lowest BCUT2D eigenvalue weighted by molar-refractivity contribution is -0.151. The molecule has 2 N–H and O–H groups in total. The second-order valence-electron chi connectivity index (χ2n) is 8.39. The third-order valence-corrected chi connectivity index (χ3v) is 6.73. The van der Waals surface area contributed by atoms with E-state index in [1.165, 1.54) is 19.3 Å². The van der Waals surface area contributed by atoms with Crippen LogP contribution in [0.2, 0.25) is 5.02 Å². The number of nitrogens with one attached hydrogen (secondary N) is 1. The summed E-state index contributed by atoms with van der Waals surface area (Å²) < 4.78 is 0. The minimum atomic E-state index is -0.979. The zero-order chi connectivity index (χ0) is 17.6. The van der Waals surface area contributed by atoms with E-state index < -0.39 is 12.0 Å². The molecule has 0 aliphatic heterocycles. The molecule has 1 aromatic rings. The fraction of sp³-hybridized carbons (Fsp3) is 0.600. The highest BCUT2D eigenvalue weighted by atomic mass is 35.5. The van der Waals surface area contributed by atoms with Crippen molar-refractivity contribution in [3.63, 3.8) is 0 Å². The molecule has 0 spiro atoms. The lowest BCUT2D eigenvalue weighted by Gasteiger charge is -2.55. The Labute approximate surface area is 152 Å².